The predicted octanol–water partition coefficient (Wildman–Crippen LogP) is 3.65. The van der Waals surface area contributed by atoms with Crippen LogP contribution in [0.1, 0.15) is 19.8 Å². The lowest BCUT2D eigenvalue weighted by atomic mass is 9.98. The van der Waals surface area contributed by atoms with Crippen LogP contribution in [0, 0.1) is 5.92 Å². The summed E-state index contributed by atoms with van der Waals surface area (Å²) in [5.74, 6) is -0.429. The number of anilines is 1. The molecular weight excluding hydrogens is 304 g/mol. The quantitative estimate of drug-likeness (QED) is 0.876. The number of carbonyl (C=O) groups is 2. The summed E-state index contributed by atoms with van der Waals surface area (Å²) in [6, 6.07) is 13.7. The van der Waals surface area contributed by atoms with Crippen LogP contribution in [0.5, 0.6) is 0 Å². The number of carbonyl (C=O) groups excluding carboxylic acids is 2. The van der Waals surface area contributed by atoms with E-state index in [0.717, 1.165) is 29.3 Å². The average Bonchev–Trinajstić information content (AvgIpc) is 2.62. The summed E-state index contributed by atoms with van der Waals surface area (Å²) in [5, 5.41) is 5.15. The number of piperidine rings is 1. The van der Waals surface area contributed by atoms with Gasteiger partial charge in [0.25, 0.3) is 0 Å². The van der Waals surface area contributed by atoms with Gasteiger partial charge >= 0.3 is 12.0 Å². The Balaban J connectivity index is 1.65. The van der Waals surface area contributed by atoms with Gasteiger partial charge in [-0.1, -0.05) is 30.3 Å². The van der Waals surface area contributed by atoms with Crippen molar-refractivity contribution in [1.82, 2.24) is 4.90 Å². The standard InChI is InChI=1S/C19H22N2O3/c1-2-24-18(22)16-8-5-11-21(13-16)19(23)20-17-10-9-14-6-3-4-7-15(14)12-17/h3-4,6-7,9-10,12,16H,2,5,8,11,13H2,1H3,(H,20,23). The van der Waals surface area contributed by atoms with Gasteiger partial charge in [-0.05, 0) is 42.7 Å². The Kier molecular flexibility index (Phi) is 4.99. The topological polar surface area (TPSA) is 58.6 Å². The molecule has 1 aliphatic rings. The van der Waals surface area contributed by atoms with E-state index < -0.39 is 0 Å². The smallest absolute Gasteiger partial charge is 0.321 e. The zero-order valence-electron chi connectivity index (χ0n) is 13.8. The Bertz CT molecular complexity index is 744. The number of benzene rings is 2. The minimum absolute atomic E-state index is 0.167. The maximum Gasteiger partial charge on any atom is 0.321 e. The molecule has 1 saturated heterocycles. The van der Waals surface area contributed by atoms with Gasteiger partial charge in [0.1, 0.15) is 0 Å². The molecule has 0 radical (unpaired) electrons. The molecule has 3 rings (SSSR count). The number of ether oxygens (including phenoxy) is 1. The van der Waals surface area contributed by atoms with Crippen molar-refractivity contribution in [2.24, 2.45) is 5.92 Å². The normalized spacial score (nSPS) is 17.5. The van der Waals surface area contributed by atoms with Crippen LogP contribution in [0.4, 0.5) is 10.5 Å². The molecule has 1 fully saturated rings. The van der Waals surface area contributed by atoms with Crippen molar-refractivity contribution in [3.63, 3.8) is 0 Å². The highest BCUT2D eigenvalue weighted by molar-refractivity contribution is 5.93. The van der Waals surface area contributed by atoms with Gasteiger partial charge in [-0.25, -0.2) is 4.79 Å². The van der Waals surface area contributed by atoms with Crippen LogP contribution in [0.3, 0.4) is 0 Å². The molecule has 0 spiro atoms. The van der Waals surface area contributed by atoms with E-state index in [1.807, 2.05) is 42.5 Å². The number of hydrogen-bond donors (Lipinski definition) is 1. The maximum atomic E-state index is 12.5. The highest BCUT2D eigenvalue weighted by Gasteiger charge is 2.29. The third-order valence-electron chi connectivity index (χ3n) is 4.33. The number of hydrogen-bond acceptors (Lipinski definition) is 3. The van der Waals surface area contributed by atoms with Crippen molar-refractivity contribution in [2.45, 2.75) is 19.8 Å². The lowest BCUT2D eigenvalue weighted by Gasteiger charge is -2.31. The second-order valence-corrected chi connectivity index (χ2v) is 6.03. The molecule has 1 atom stereocenters. The fourth-order valence-electron chi connectivity index (χ4n) is 3.08. The zero-order chi connectivity index (χ0) is 16.9. The first-order chi connectivity index (χ1) is 11.7. The number of rotatable bonds is 3. The highest BCUT2D eigenvalue weighted by Crippen LogP contribution is 2.21. The minimum Gasteiger partial charge on any atom is -0.466 e. The van der Waals surface area contributed by atoms with Crippen molar-refractivity contribution < 1.29 is 14.3 Å². The molecule has 0 bridgehead atoms. The van der Waals surface area contributed by atoms with Crippen molar-refractivity contribution in [2.75, 3.05) is 25.0 Å². The van der Waals surface area contributed by atoms with Gasteiger partial charge in [0.15, 0.2) is 0 Å². The van der Waals surface area contributed by atoms with Gasteiger partial charge < -0.3 is 15.0 Å². The first kappa shape index (κ1) is 16.3. The summed E-state index contributed by atoms with van der Waals surface area (Å²) in [7, 11) is 0. The summed E-state index contributed by atoms with van der Waals surface area (Å²) in [6.07, 6.45) is 1.59. The van der Waals surface area contributed by atoms with Crippen LogP contribution in [-0.2, 0) is 9.53 Å². The van der Waals surface area contributed by atoms with Crippen LogP contribution >= 0.6 is 0 Å². The summed E-state index contributed by atoms with van der Waals surface area (Å²) >= 11 is 0. The zero-order valence-corrected chi connectivity index (χ0v) is 13.8. The number of nitrogens with one attached hydrogen (secondary N) is 1. The van der Waals surface area contributed by atoms with Gasteiger partial charge in [0.05, 0.1) is 12.5 Å². The van der Waals surface area contributed by atoms with Crippen LogP contribution in [0.25, 0.3) is 10.8 Å². The molecule has 0 aromatic heterocycles. The molecule has 1 unspecified atom stereocenters. The molecule has 2 aromatic rings. The minimum atomic E-state index is -0.221. The van der Waals surface area contributed by atoms with E-state index in [-0.39, 0.29) is 17.9 Å². The Hall–Kier alpha value is -2.56. The number of nitrogens with zero attached hydrogens (tertiary/aromatic N) is 1. The second kappa shape index (κ2) is 7.34. The van der Waals surface area contributed by atoms with E-state index in [2.05, 4.69) is 5.32 Å². The Morgan fingerprint density at radius 1 is 1.21 bits per heavy atom. The van der Waals surface area contributed by atoms with E-state index in [4.69, 9.17) is 4.74 Å². The molecule has 1 aliphatic heterocycles. The highest BCUT2D eigenvalue weighted by atomic mass is 16.5. The first-order valence-corrected chi connectivity index (χ1v) is 8.38. The van der Waals surface area contributed by atoms with Crippen molar-refractivity contribution >= 4 is 28.5 Å². The van der Waals surface area contributed by atoms with E-state index in [1.54, 1.807) is 11.8 Å². The molecule has 126 valence electrons. The number of amides is 2. The predicted molar refractivity (Wildman–Crippen MR) is 93.9 cm³/mol. The molecule has 5 heteroatoms. The van der Waals surface area contributed by atoms with Gasteiger partial charge in [-0.2, -0.15) is 0 Å². The van der Waals surface area contributed by atoms with Gasteiger partial charge in [0, 0.05) is 18.8 Å². The number of fused-ring (bicyclic) bond motifs is 1. The molecule has 1 heterocycles. The van der Waals surface area contributed by atoms with Gasteiger partial charge in [-0.3, -0.25) is 4.79 Å². The third-order valence-corrected chi connectivity index (χ3v) is 4.33. The number of likely N-dealkylation sites (tertiary alicyclic amines) is 1. The number of esters is 1. The molecular formula is C19H22N2O3. The molecule has 0 aliphatic carbocycles. The van der Waals surface area contributed by atoms with E-state index in [1.165, 1.54) is 0 Å². The Morgan fingerprint density at radius 2 is 2.00 bits per heavy atom. The lowest BCUT2D eigenvalue weighted by Crippen LogP contribution is -2.44. The summed E-state index contributed by atoms with van der Waals surface area (Å²) in [5.41, 5.74) is 0.761. The van der Waals surface area contributed by atoms with Crippen molar-refractivity contribution in [3.8, 4) is 0 Å². The van der Waals surface area contributed by atoms with Gasteiger partial charge in [0.2, 0.25) is 0 Å². The van der Waals surface area contributed by atoms with Crippen molar-refractivity contribution in [3.05, 3.63) is 42.5 Å². The Morgan fingerprint density at radius 3 is 2.79 bits per heavy atom. The third kappa shape index (κ3) is 3.67. The summed E-state index contributed by atoms with van der Waals surface area (Å²) < 4.78 is 5.08. The molecule has 5 nitrogen and oxygen atoms in total. The van der Waals surface area contributed by atoms with Crippen LogP contribution in [0.15, 0.2) is 42.5 Å². The summed E-state index contributed by atoms with van der Waals surface area (Å²) in [6.45, 7) is 3.25. The number of urea groups is 1. The molecule has 2 amide bonds. The molecule has 2 aromatic carbocycles. The monoisotopic (exact) mass is 326 g/mol. The van der Waals surface area contributed by atoms with Crippen molar-refractivity contribution in [1.29, 1.82) is 0 Å². The molecule has 0 saturated carbocycles. The van der Waals surface area contributed by atoms with E-state index >= 15 is 0 Å². The molecule has 24 heavy (non-hydrogen) atoms. The first-order valence-electron chi connectivity index (χ1n) is 8.38. The fraction of sp³-hybridized carbons (Fsp3) is 0.368. The lowest BCUT2D eigenvalue weighted by molar-refractivity contribution is -0.149. The fourth-order valence-corrected chi connectivity index (χ4v) is 3.08. The van der Waals surface area contributed by atoms with Crippen LogP contribution < -0.4 is 5.32 Å². The maximum absolute atomic E-state index is 12.5. The molecule has 1 N–H and O–H groups in total. The summed E-state index contributed by atoms with van der Waals surface area (Å²) in [4.78, 5) is 26.1. The van der Waals surface area contributed by atoms with Crippen LogP contribution in [0.2, 0.25) is 0 Å². The second-order valence-electron chi connectivity index (χ2n) is 6.03. The largest absolute Gasteiger partial charge is 0.466 e. The Labute approximate surface area is 141 Å². The van der Waals surface area contributed by atoms with Crippen LogP contribution in [-0.4, -0.2) is 36.6 Å². The van der Waals surface area contributed by atoms with E-state index in [0.29, 0.717) is 19.7 Å². The van der Waals surface area contributed by atoms with Gasteiger partial charge in [-0.15, -0.1) is 0 Å². The average molecular weight is 326 g/mol. The van der Waals surface area contributed by atoms with E-state index in [9.17, 15) is 9.59 Å². The SMILES string of the molecule is CCOC(=O)C1CCCN(C(=O)Nc2ccc3ccccc3c2)C1.